The molecule has 0 spiro atoms. The number of rotatable bonds is 2. The van der Waals surface area contributed by atoms with Crippen LogP contribution in [0.1, 0.15) is 23.7 Å². The van der Waals surface area contributed by atoms with Crippen molar-refractivity contribution >= 4 is 16.6 Å². The van der Waals surface area contributed by atoms with Gasteiger partial charge in [0.25, 0.3) is 0 Å². The molecule has 3 N–H and O–H groups in total. The van der Waals surface area contributed by atoms with Gasteiger partial charge in [0.05, 0.1) is 5.69 Å². The van der Waals surface area contributed by atoms with Crippen molar-refractivity contribution in [1.82, 2.24) is 4.98 Å². The number of pyridine rings is 1. The van der Waals surface area contributed by atoms with Gasteiger partial charge in [-0.1, -0.05) is 6.92 Å². The van der Waals surface area contributed by atoms with Crippen LogP contribution in [0.5, 0.6) is 0 Å². The molecule has 4 heteroatoms. The third-order valence-electron chi connectivity index (χ3n) is 2.99. The molecule has 90 valence electrons. The second-order valence-electron chi connectivity index (χ2n) is 4.19. The number of nitrogens with one attached hydrogen (secondary N) is 1. The third-order valence-corrected chi connectivity index (χ3v) is 2.99. The van der Waals surface area contributed by atoms with Gasteiger partial charge in [-0.05, 0) is 43.5 Å². The fourth-order valence-corrected chi connectivity index (χ4v) is 2.21. The number of hydrogen-bond donors (Lipinski definition) is 2. The number of aromatic nitrogens is 1. The van der Waals surface area contributed by atoms with E-state index in [0.717, 1.165) is 34.3 Å². The molecule has 2 rings (SSSR count). The molecule has 0 atom stereocenters. The van der Waals surface area contributed by atoms with E-state index in [1.165, 1.54) is 6.07 Å². The van der Waals surface area contributed by atoms with Gasteiger partial charge in [0, 0.05) is 11.1 Å². The maximum absolute atomic E-state index is 13.8. The molecule has 3 nitrogen and oxygen atoms in total. The number of aryl methyl sites for hydroxylation is 2. The van der Waals surface area contributed by atoms with Crippen molar-refractivity contribution in [3.8, 4) is 0 Å². The smallest absolute Gasteiger partial charge is 0.149 e. The van der Waals surface area contributed by atoms with Crippen LogP contribution >= 0.6 is 0 Å². The predicted molar refractivity (Wildman–Crippen MR) is 68.4 cm³/mol. The Hall–Kier alpha value is -1.68. The maximum Gasteiger partial charge on any atom is 0.149 e. The van der Waals surface area contributed by atoms with Gasteiger partial charge in [0.2, 0.25) is 0 Å². The number of halogens is 1. The Kier molecular flexibility index (Phi) is 2.98. The van der Waals surface area contributed by atoms with Crippen LogP contribution in [0.25, 0.3) is 10.9 Å². The first-order valence-corrected chi connectivity index (χ1v) is 5.64. The van der Waals surface area contributed by atoms with Gasteiger partial charge in [-0.3, -0.25) is 5.84 Å². The molecule has 2 aromatic rings. The predicted octanol–water partition coefficient (Wildman–Crippen LogP) is 2.84. The largest absolute Gasteiger partial charge is 0.323 e. The number of nitrogen functional groups attached to an aromatic ring is 1. The number of hydrazine groups is 1. The summed E-state index contributed by atoms with van der Waals surface area (Å²) in [6.07, 6.45) is 0.809. The van der Waals surface area contributed by atoms with Crippen molar-refractivity contribution in [2.45, 2.75) is 27.2 Å². The average Bonchev–Trinajstić information content (AvgIpc) is 2.28. The first-order chi connectivity index (χ1) is 8.08. The number of benzene rings is 1. The molecule has 0 saturated heterocycles. The lowest BCUT2D eigenvalue weighted by Gasteiger charge is -2.14. The van der Waals surface area contributed by atoms with E-state index in [1.807, 2.05) is 26.8 Å². The zero-order chi connectivity index (χ0) is 12.6. The van der Waals surface area contributed by atoms with Crippen molar-refractivity contribution in [2.75, 3.05) is 5.43 Å². The highest BCUT2D eigenvalue weighted by Gasteiger charge is 2.13. The molecule has 0 bridgehead atoms. The normalized spacial score (nSPS) is 10.9. The summed E-state index contributed by atoms with van der Waals surface area (Å²) in [6.45, 7) is 5.76. The Morgan fingerprint density at radius 2 is 2.06 bits per heavy atom. The highest BCUT2D eigenvalue weighted by molar-refractivity contribution is 5.94. The fourth-order valence-electron chi connectivity index (χ4n) is 2.21. The van der Waals surface area contributed by atoms with Gasteiger partial charge in [-0.2, -0.15) is 0 Å². The lowest BCUT2D eigenvalue weighted by molar-refractivity contribution is 0.635. The van der Waals surface area contributed by atoms with Crippen LogP contribution in [0, 0.1) is 19.7 Å². The van der Waals surface area contributed by atoms with E-state index < -0.39 is 0 Å². The maximum atomic E-state index is 13.8. The Balaban J connectivity index is 2.93. The van der Waals surface area contributed by atoms with E-state index >= 15 is 0 Å². The molecule has 1 heterocycles. The van der Waals surface area contributed by atoms with Crippen LogP contribution < -0.4 is 11.3 Å². The molecule has 0 amide bonds. The van der Waals surface area contributed by atoms with Crippen molar-refractivity contribution < 1.29 is 4.39 Å². The van der Waals surface area contributed by atoms with Crippen LogP contribution in [0.3, 0.4) is 0 Å². The molecule has 1 aromatic carbocycles. The van der Waals surface area contributed by atoms with Gasteiger partial charge in [-0.25, -0.2) is 9.37 Å². The second-order valence-corrected chi connectivity index (χ2v) is 4.19. The SMILES string of the molecule is CCc1c(C)nc2c(F)cc(C)cc2c1NN. The fraction of sp³-hybridized carbons (Fsp3) is 0.308. The topological polar surface area (TPSA) is 50.9 Å². The van der Waals surface area contributed by atoms with Gasteiger partial charge < -0.3 is 5.43 Å². The molecule has 0 aliphatic carbocycles. The minimum atomic E-state index is -0.303. The van der Waals surface area contributed by atoms with Crippen LogP contribution in [0.4, 0.5) is 10.1 Å². The number of anilines is 1. The van der Waals surface area contributed by atoms with Crippen molar-refractivity contribution in [3.63, 3.8) is 0 Å². The molecule has 0 fully saturated rings. The molecular weight excluding hydrogens is 217 g/mol. The first kappa shape index (κ1) is 11.8. The Labute approximate surface area is 99.8 Å². The summed E-state index contributed by atoms with van der Waals surface area (Å²) >= 11 is 0. The van der Waals surface area contributed by atoms with E-state index in [0.29, 0.717) is 5.52 Å². The Bertz CT molecular complexity index is 579. The second kappa shape index (κ2) is 4.30. The summed E-state index contributed by atoms with van der Waals surface area (Å²) in [5.41, 5.74) is 6.54. The van der Waals surface area contributed by atoms with E-state index in [9.17, 15) is 4.39 Å². The number of nitrogens with zero attached hydrogens (tertiary/aromatic N) is 1. The summed E-state index contributed by atoms with van der Waals surface area (Å²) in [6, 6.07) is 3.39. The van der Waals surface area contributed by atoms with Crippen LogP contribution in [-0.4, -0.2) is 4.98 Å². The highest BCUT2D eigenvalue weighted by Crippen LogP contribution is 2.30. The zero-order valence-corrected chi connectivity index (χ0v) is 10.3. The summed E-state index contributed by atoms with van der Waals surface area (Å²) in [5, 5.41) is 0.743. The number of nitrogens with two attached hydrogens (primary N) is 1. The van der Waals surface area contributed by atoms with Crippen molar-refractivity contribution in [1.29, 1.82) is 0 Å². The lowest BCUT2D eigenvalue weighted by Crippen LogP contribution is -2.12. The summed E-state index contributed by atoms with van der Waals surface area (Å²) < 4.78 is 13.8. The molecule has 0 aliphatic rings. The van der Waals surface area contributed by atoms with Gasteiger partial charge in [0.1, 0.15) is 11.3 Å². The number of fused-ring (bicyclic) bond motifs is 1. The Morgan fingerprint density at radius 1 is 1.35 bits per heavy atom. The van der Waals surface area contributed by atoms with Crippen LogP contribution in [0.2, 0.25) is 0 Å². The Morgan fingerprint density at radius 3 is 2.65 bits per heavy atom. The minimum absolute atomic E-state index is 0.303. The molecule has 0 radical (unpaired) electrons. The van der Waals surface area contributed by atoms with E-state index in [1.54, 1.807) is 0 Å². The van der Waals surface area contributed by atoms with Crippen molar-refractivity contribution in [2.24, 2.45) is 5.84 Å². The third kappa shape index (κ3) is 1.85. The molecule has 0 saturated carbocycles. The molecule has 1 aromatic heterocycles. The van der Waals surface area contributed by atoms with E-state index in [-0.39, 0.29) is 5.82 Å². The molecular formula is C13H16FN3. The van der Waals surface area contributed by atoms with Gasteiger partial charge in [-0.15, -0.1) is 0 Å². The minimum Gasteiger partial charge on any atom is -0.323 e. The zero-order valence-electron chi connectivity index (χ0n) is 10.3. The highest BCUT2D eigenvalue weighted by atomic mass is 19.1. The quantitative estimate of drug-likeness (QED) is 0.619. The number of hydrogen-bond acceptors (Lipinski definition) is 3. The van der Waals surface area contributed by atoms with Gasteiger partial charge >= 0.3 is 0 Å². The molecule has 0 unspecified atom stereocenters. The molecule has 0 aliphatic heterocycles. The van der Waals surface area contributed by atoms with Crippen LogP contribution in [0.15, 0.2) is 12.1 Å². The summed E-state index contributed by atoms with van der Waals surface area (Å²) in [5.74, 6) is 5.26. The van der Waals surface area contributed by atoms with Crippen molar-refractivity contribution in [3.05, 3.63) is 34.8 Å². The standard InChI is InChI=1S/C13H16FN3/c1-4-9-8(3)16-13-10(12(9)17-15)5-7(2)6-11(13)14/h5-6H,4,15H2,1-3H3,(H,16,17). The summed E-state index contributed by atoms with van der Waals surface area (Å²) in [7, 11) is 0. The van der Waals surface area contributed by atoms with E-state index in [2.05, 4.69) is 10.4 Å². The average molecular weight is 233 g/mol. The van der Waals surface area contributed by atoms with Gasteiger partial charge in [0.15, 0.2) is 0 Å². The first-order valence-electron chi connectivity index (χ1n) is 5.64. The van der Waals surface area contributed by atoms with E-state index in [4.69, 9.17) is 5.84 Å². The summed E-state index contributed by atoms with van der Waals surface area (Å²) in [4.78, 5) is 4.33. The van der Waals surface area contributed by atoms with Crippen LogP contribution in [-0.2, 0) is 6.42 Å². The lowest BCUT2D eigenvalue weighted by atomic mass is 10.0. The monoisotopic (exact) mass is 233 g/mol. The molecule has 17 heavy (non-hydrogen) atoms.